The standard InChI is InChI=1S/C16H28N2O4/c1-13(17-7-8-17)15(19)21-11-5-3-4-6-12-22-16(20)14(2)18-9-10-18/h13-14H,3-12H2,1-2H3. The molecule has 2 aliphatic heterocycles. The highest BCUT2D eigenvalue weighted by Gasteiger charge is 2.30. The van der Waals surface area contributed by atoms with Gasteiger partial charge in [0, 0.05) is 26.2 Å². The minimum absolute atomic E-state index is 0.0939. The molecule has 2 rings (SSSR count). The number of carbonyl (C=O) groups excluding carboxylic acids is 2. The number of nitrogens with zero attached hydrogens (tertiary/aromatic N) is 2. The molecule has 2 atom stereocenters. The van der Waals surface area contributed by atoms with Crippen molar-refractivity contribution in [2.24, 2.45) is 0 Å². The third-order valence-electron chi connectivity index (χ3n) is 4.27. The summed E-state index contributed by atoms with van der Waals surface area (Å²) >= 11 is 0. The van der Waals surface area contributed by atoms with Crippen molar-refractivity contribution in [1.82, 2.24) is 9.80 Å². The van der Waals surface area contributed by atoms with Crippen molar-refractivity contribution in [2.45, 2.75) is 51.6 Å². The van der Waals surface area contributed by atoms with E-state index >= 15 is 0 Å². The van der Waals surface area contributed by atoms with Gasteiger partial charge in [-0.1, -0.05) is 0 Å². The zero-order chi connectivity index (χ0) is 15.9. The van der Waals surface area contributed by atoms with Gasteiger partial charge in [0.25, 0.3) is 0 Å². The quantitative estimate of drug-likeness (QED) is 0.323. The lowest BCUT2D eigenvalue weighted by molar-refractivity contribution is -0.148. The zero-order valence-corrected chi connectivity index (χ0v) is 13.8. The summed E-state index contributed by atoms with van der Waals surface area (Å²) in [7, 11) is 0. The maximum Gasteiger partial charge on any atom is 0.323 e. The molecule has 126 valence electrons. The number of carbonyl (C=O) groups is 2. The van der Waals surface area contributed by atoms with Gasteiger partial charge >= 0.3 is 11.9 Å². The fraction of sp³-hybridized carbons (Fsp3) is 0.875. The Balaban J connectivity index is 1.38. The van der Waals surface area contributed by atoms with E-state index in [2.05, 4.69) is 9.80 Å². The lowest BCUT2D eigenvalue weighted by Gasteiger charge is -2.12. The summed E-state index contributed by atoms with van der Waals surface area (Å²) in [6, 6.07) is -0.188. The number of unbranched alkanes of at least 4 members (excludes halogenated alkanes) is 3. The van der Waals surface area contributed by atoms with Crippen LogP contribution in [0.5, 0.6) is 0 Å². The topological polar surface area (TPSA) is 58.6 Å². The molecule has 2 unspecified atom stereocenters. The molecule has 0 amide bonds. The van der Waals surface area contributed by atoms with Crippen LogP contribution in [0.2, 0.25) is 0 Å². The Hall–Kier alpha value is -1.14. The third kappa shape index (κ3) is 5.93. The molecule has 0 saturated carbocycles. The molecule has 2 heterocycles. The van der Waals surface area contributed by atoms with Crippen molar-refractivity contribution in [3.05, 3.63) is 0 Å². The van der Waals surface area contributed by atoms with Crippen molar-refractivity contribution in [2.75, 3.05) is 39.4 Å². The first kappa shape index (κ1) is 17.2. The van der Waals surface area contributed by atoms with E-state index in [1.165, 1.54) is 0 Å². The van der Waals surface area contributed by atoms with E-state index in [9.17, 15) is 9.59 Å². The SMILES string of the molecule is CC(C(=O)OCCCCCCOC(=O)C(C)N1CC1)N1CC1. The average Bonchev–Trinajstić information content (AvgIpc) is 3.40. The van der Waals surface area contributed by atoms with Crippen molar-refractivity contribution in [3.63, 3.8) is 0 Å². The highest BCUT2D eigenvalue weighted by atomic mass is 16.5. The number of ether oxygens (including phenoxy) is 2. The van der Waals surface area contributed by atoms with Gasteiger partial charge in [-0.05, 0) is 39.5 Å². The molecule has 0 aliphatic carbocycles. The monoisotopic (exact) mass is 312 g/mol. The molecular weight excluding hydrogens is 284 g/mol. The second kappa shape index (κ2) is 8.48. The van der Waals surface area contributed by atoms with Crippen molar-refractivity contribution in [3.8, 4) is 0 Å². The maximum absolute atomic E-state index is 11.6. The van der Waals surface area contributed by atoms with Gasteiger partial charge in [-0.25, -0.2) is 0 Å². The summed E-state index contributed by atoms with van der Waals surface area (Å²) in [4.78, 5) is 27.4. The first-order chi connectivity index (χ1) is 10.6. The van der Waals surface area contributed by atoms with Crippen LogP contribution in [0.4, 0.5) is 0 Å². The summed E-state index contributed by atoms with van der Waals surface area (Å²) in [5.41, 5.74) is 0. The normalized spacial score (nSPS) is 20.3. The lowest BCUT2D eigenvalue weighted by atomic mass is 10.2. The number of hydrogen-bond acceptors (Lipinski definition) is 6. The molecule has 0 spiro atoms. The molecule has 0 aromatic carbocycles. The van der Waals surface area contributed by atoms with Crippen LogP contribution < -0.4 is 0 Å². The molecule has 6 nitrogen and oxygen atoms in total. The highest BCUT2D eigenvalue weighted by Crippen LogP contribution is 2.12. The Morgan fingerprint density at radius 3 is 1.45 bits per heavy atom. The first-order valence-corrected chi connectivity index (χ1v) is 8.41. The van der Waals surface area contributed by atoms with Crippen molar-refractivity contribution in [1.29, 1.82) is 0 Å². The number of esters is 2. The average molecular weight is 312 g/mol. The third-order valence-corrected chi connectivity index (χ3v) is 4.27. The van der Waals surface area contributed by atoms with E-state index in [1.54, 1.807) is 0 Å². The van der Waals surface area contributed by atoms with E-state index in [1.807, 2.05) is 13.8 Å². The molecule has 22 heavy (non-hydrogen) atoms. The fourth-order valence-corrected chi connectivity index (χ4v) is 2.33. The second-order valence-corrected chi connectivity index (χ2v) is 6.17. The maximum atomic E-state index is 11.6. The molecule has 0 aromatic heterocycles. The predicted molar refractivity (Wildman–Crippen MR) is 82.5 cm³/mol. The van der Waals surface area contributed by atoms with Gasteiger partial charge in [-0.3, -0.25) is 19.4 Å². The fourth-order valence-electron chi connectivity index (χ4n) is 2.33. The Bertz CT molecular complexity index is 344. The first-order valence-electron chi connectivity index (χ1n) is 8.41. The number of rotatable bonds is 11. The summed E-state index contributed by atoms with van der Waals surface area (Å²) < 4.78 is 10.5. The van der Waals surface area contributed by atoms with Gasteiger partial charge in [0.2, 0.25) is 0 Å². The molecule has 0 radical (unpaired) electrons. The molecular formula is C16H28N2O4. The molecule has 2 fully saturated rings. The summed E-state index contributed by atoms with van der Waals surface area (Å²) in [6.07, 6.45) is 3.72. The Morgan fingerprint density at radius 1 is 0.773 bits per heavy atom. The van der Waals surface area contributed by atoms with Crippen molar-refractivity contribution < 1.29 is 19.1 Å². The van der Waals surface area contributed by atoms with Crippen LogP contribution in [0.3, 0.4) is 0 Å². The van der Waals surface area contributed by atoms with Crippen LogP contribution in [-0.4, -0.2) is 73.2 Å². The molecule has 6 heteroatoms. The Labute approximate surface area is 132 Å². The van der Waals surface area contributed by atoms with E-state index < -0.39 is 0 Å². The van der Waals surface area contributed by atoms with Gasteiger partial charge in [0.1, 0.15) is 12.1 Å². The van der Waals surface area contributed by atoms with E-state index in [0.29, 0.717) is 13.2 Å². The minimum Gasteiger partial charge on any atom is -0.465 e. The number of hydrogen-bond donors (Lipinski definition) is 0. The minimum atomic E-state index is -0.115. The molecule has 2 saturated heterocycles. The van der Waals surface area contributed by atoms with Gasteiger partial charge in [0.05, 0.1) is 13.2 Å². The smallest absolute Gasteiger partial charge is 0.323 e. The van der Waals surface area contributed by atoms with Crippen LogP contribution in [0, 0.1) is 0 Å². The molecule has 2 aliphatic rings. The van der Waals surface area contributed by atoms with Crippen LogP contribution in [0.25, 0.3) is 0 Å². The lowest BCUT2D eigenvalue weighted by Crippen LogP contribution is -2.28. The largest absolute Gasteiger partial charge is 0.465 e. The van der Waals surface area contributed by atoms with Gasteiger partial charge in [-0.2, -0.15) is 0 Å². The van der Waals surface area contributed by atoms with Crippen LogP contribution in [0.15, 0.2) is 0 Å². The summed E-state index contributed by atoms with van der Waals surface area (Å²) in [5, 5.41) is 0. The van der Waals surface area contributed by atoms with E-state index in [4.69, 9.17) is 9.47 Å². The predicted octanol–water partition coefficient (Wildman–Crippen LogP) is 1.04. The molecule has 0 bridgehead atoms. The van der Waals surface area contributed by atoms with Crippen LogP contribution in [0.1, 0.15) is 39.5 Å². The van der Waals surface area contributed by atoms with Crippen molar-refractivity contribution >= 4 is 11.9 Å². The summed E-state index contributed by atoms with van der Waals surface area (Å²) in [5.74, 6) is -0.231. The van der Waals surface area contributed by atoms with E-state index in [0.717, 1.165) is 51.9 Å². The Morgan fingerprint density at radius 2 is 1.14 bits per heavy atom. The molecule has 0 N–H and O–H groups in total. The summed E-state index contributed by atoms with van der Waals surface area (Å²) in [6.45, 7) is 8.78. The van der Waals surface area contributed by atoms with Crippen LogP contribution in [-0.2, 0) is 19.1 Å². The molecule has 0 aromatic rings. The van der Waals surface area contributed by atoms with Gasteiger partial charge < -0.3 is 9.47 Å². The van der Waals surface area contributed by atoms with E-state index in [-0.39, 0.29) is 24.0 Å². The highest BCUT2D eigenvalue weighted by molar-refractivity contribution is 5.76. The zero-order valence-electron chi connectivity index (χ0n) is 13.8. The van der Waals surface area contributed by atoms with Gasteiger partial charge in [0.15, 0.2) is 0 Å². The second-order valence-electron chi connectivity index (χ2n) is 6.17. The van der Waals surface area contributed by atoms with Gasteiger partial charge in [-0.15, -0.1) is 0 Å². The van der Waals surface area contributed by atoms with Crippen LogP contribution >= 0.6 is 0 Å². The Kier molecular flexibility index (Phi) is 6.64.